The minimum absolute atomic E-state index is 0.0329. The van der Waals surface area contributed by atoms with E-state index in [-0.39, 0.29) is 12.1 Å². The largest absolute Gasteiger partial charge is 0.371 e. The van der Waals surface area contributed by atoms with Gasteiger partial charge in [-0.2, -0.15) is 5.26 Å². The van der Waals surface area contributed by atoms with Crippen molar-refractivity contribution < 1.29 is 9.09 Å². The van der Waals surface area contributed by atoms with Gasteiger partial charge in [0.25, 0.3) is 0 Å². The van der Waals surface area contributed by atoms with Crippen molar-refractivity contribution in [1.82, 2.24) is 4.67 Å². The van der Waals surface area contributed by atoms with Crippen LogP contribution in [0.15, 0.2) is 0 Å². The normalized spacial score (nSPS) is 14.9. The highest BCUT2D eigenvalue weighted by Crippen LogP contribution is 2.52. The van der Waals surface area contributed by atoms with Crippen LogP contribution in [0, 0.1) is 11.1 Å². The van der Waals surface area contributed by atoms with Crippen molar-refractivity contribution in [3.05, 3.63) is 0 Å². The van der Waals surface area contributed by atoms with Crippen molar-refractivity contribution in [3.63, 3.8) is 0 Å². The van der Waals surface area contributed by atoms with Gasteiger partial charge >= 0.3 is 7.52 Å². The van der Waals surface area contributed by atoms with Crippen molar-refractivity contribution >= 4 is 7.52 Å². The van der Waals surface area contributed by atoms with Crippen LogP contribution in [0.25, 0.3) is 0 Å². The first-order valence-corrected chi connectivity index (χ1v) is 8.91. The number of rotatable bonds is 10. The van der Waals surface area contributed by atoms with Gasteiger partial charge in [-0.3, -0.25) is 4.57 Å². The highest BCUT2D eigenvalue weighted by molar-refractivity contribution is 7.61. The Kier molecular flexibility index (Phi) is 9.35. The van der Waals surface area contributed by atoms with Crippen LogP contribution in [0.5, 0.6) is 0 Å². The summed E-state index contributed by atoms with van der Waals surface area (Å²) in [7, 11) is -3.34. The van der Waals surface area contributed by atoms with Gasteiger partial charge in [0.2, 0.25) is 0 Å². The van der Waals surface area contributed by atoms with Crippen molar-refractivity contribution in [3.8, 4) is 5.81 Å². The molecule has 1 unspecified atom stereocenters. The topological polar surface area (TPSA) is 53.3 Å². The summed E-state index contributed by atoms with van der Waals surface area (Å²) >= 11 is 0. The van der Waals surface area contributed by atoms with E-state index in [1.165, 1.54) is 19.3 Å². The quantitative estimate of drug-likeness (QED) is 0.429. The fourth-order valence-corrected chi connectivity index (χ4v) is 4.13. The Balaban J connectivity index is 4.37. The van der Waals surface area contributed by atoms with E-state index in [0.717, 1.165) is 12.8 Å². The molecule has 0 radical (unpaired) electrons. The van der Waals surface area contributed by atoms with Crippen molar-refractivity contribution in [2.45, 2.75) is 78.8 Å². The molecule has 0 rings (SSSR count). The Labute approximate surface area is 118 Å². The molecule has 0 aromatic rings. The van der Waals surface area contributed by atoms with Gasteiger partial charge < -0.3 is 4.52 Å². The molecule has 112 valence electrons. The summed E-state index contributed by atoms with van der Waals surface area (Å²) in [6, 6.07) is 0.0659. The molecule has 0 heterocycles. The van der Waals surface area contributed by atoms with Crippen LogP contribution in [0.4, 0.5) is 0 Å². The van der Waals surface area contributed by atoms with Gasteiger partial charge in [-0.1, -0.05) is 32.6 Å². The lowest BCUT2D eigenvalue weighted by atomic mass is 10.2. The summed E-state index contributed by atoms with van der Waals surface area (Å²) < 4.78 is 19.8. The molecule has 0 aliphatic carbocycles. The molecule has 0 N–H and O–H groups in total. The van der Waals surface area contributed by atoms with Gasteiger partial charge in [-0.05, 0) is 34.1 Å². The maximum atomic E-state index is 12.6. The number of nitrogens with zero attached hydrogens (tertiary/aromatic N) is 2. The van der Waals surface area contributed by atoms with E-state index in [2.05, 4.69) is 6.92 Å². The molecule has 0 bridgehead atoms. The minimum Gasteiger partial charge on any atom is -0.307 e. The second-order valence-electron chi connectivity index (χ2n) is 5.44. The summed E-state index contributed by atoms with van der Waals surface area (Å²) in [5.41, 5.74) is 0. The second-order valence-corrected chi connectivity index (χ2v) is 7.40. The van der Waals surface area contributed by atoms with Crippen LogP contribution in [0.2, 0.25) is 0 Å². The third kappa shape index (κ3) is 6.56. The van der Waals surface area contributed by atoms with E-state index in [0.29, 0.717) is 6.61 Å². The summed E-state index contributed by atoms with van der Waals surface area (Å²) in [4.78, 5) is 0. The number of hydrogen-bond acceptors (Lipinski definition) is 3. The zero-order valence-corrected chi connectivity index (χ0v) is 13.9. The first-order valence-electron chi connectivity index (χ1n) is 7.33. The smallest absolute Gasteiger partial charge is 0.307 e. The maximum Gasteiger partial charge on any atom is 0.371 e. The molecule has 0 spiro atoms. The molecule has 0 aromatic carbocycles. The molecule has 0 aromatic heterocycles. The fraction of sp³-hybridized carbons (Fsp3) is 0.929. The monoisotopic (exact) mass is 288 g/mol. The Morgan fingerprint density at radius 3 is 2.05 bits per heavy atom. The van der Waals surface area contributed by atoms with E-state index in [1.807, 2.05) is 33.5 Å². The summed E-state index contributed by atoms with van der Waals surface area (Å²) in [5.74, 6) is 1.90. The molecular weight excluding hydrogens is 259 g/mol. The lowest BCUT2D eigenvalue weighted by molar-refractivity contribution is 0.220. The fourth-order valence-electron chi connectivity index (χ4n) is 2.25. The Bertz CT molecular complexity index is 316. The Morgan fingerprint density at radius 2 is 1.63 bits per heavy atom. The summed E-state index contributed by atoms with van der Waals surface area (Å²) in [6.45, 7) is 10.3. The van der Waals surface area contributed by atoms with Crippen molar-refractivity contribution in [2.75, 3.05) is 6.61 Å². The molecule has 5 heteroatoms. The van der Waals surface area contributed by atoms with Crippen LogP contribution >= 0.6 is 7.52 Å². The van der Waals surface area contributed by atoms with Gasteiger partial charge in [0.15, 0.2) is 5.81 Å². The predicted molar refractivity (Wildman–Crippen MR) is 80.0 cm³/mol. The molecule has 19 heavy (non-hydrogen) atoms. The average molecular weight is 288 g/mol. The number of nitriles is 1. The van der Waals surface area contributed by atoms with Crippen LogP contribution in [0.3, 0.4) is 0 Å². The first kappa shape index (κ1) is 18.6. The SMILES string of the molecule is CCCCCCCOP(=O)(C#N)N(C(C)C)C(C)C. The van der Waals surface area contributed by atoms with E-state index < -0.39 is 7.52 Å². The lowest BCUT2D eigenvalue weighted by Gasteiger charge is -2.32. The van der Waals surface area contributed by atoms with Crippen LogP contribution < -0.4 is 0 Å². The maximum absolute atomic E-state index is 12.6. The van der Waals surface area contributed by atoms with E-state index >= 15 is 0 Å². The van der Waals surface area contributed by atoms with Crippen molar-refractivity contribution in [2.24, 2.45) is 0 Å². The molecule has 4 nitrogen and oxygen atoms in total. The van der Waals surface area contributed by atoms with Crippen LogP contribution in [-0.4, -0.2) is 23.4 Å². The van der Waals surface area contributed by atoms with Gasteiger partial charge in [-0.15, -0.1) is 0 Å². The van der Waals surface area contributed by atoms with E-state index in [4.69, 9.17) is 4.52 Å². The molecule has 0 amide bonds. The van der Waals surface area contributed by atoms with E-state index in [1.54, 1.807) is 4.67 Å². The molecule has 0 saturated carbocycles. The average Bonchev–Trinajstić information content (AvgIpc) is 2.32. The van der Waals surface area contributed by atoms with Crippen LogP contribution in [0.1, 0.15) is 66.7 Å². The van der Waals surface area contributed by atoms with Gasteiger partial charge in [0.1, 0.15) is 0 Å². The minimum atomic E-state index is -3.34. The first-order chi connectivity index (χ1) is 8.89. The zero-order chi connectivity index (χ0) is 14.9. The Hall–Kier alpha value is -0.360. The van der Waals surface area contributed by atoms with Gasteiger partial charge in [0, 0.05) is 12.1 Å². The Morgan fingerprint density at radius 1 is 1.11 bits per heavy atom. The third-order valence-electron chi connectivity index (χ3n) is 3.00. The van der Waals surface area contributed by atoms with Crippen molar-refractivity contribution in [1.29, 1.82) is 5.26 Å². The van der Waals surface area contributed by atoms with E-state index in [9.17, 15) is 9.83 Å². The number of unbranched alkanes of at least 4 members (excludes halogenated alkanes) is 4. The predicted octanol–water partition coefficient (Wildman–Crippen LogP) is 4.77. The molecule has 0 saturated heterocycles. The zero-order valence-electron chi connectivity index (χ0n) is 13.1. The molecule has 0 aliphatic heterocycles. The third-order valence-corrected chi connectivity index (χ3v) is 5.32. The summed E-state index contributed by atoms with van der Waals surface area (Å²) in [5, 5.41) is 9.21. The summed E-state index contributed by atoms with van der Waals surface area (Å²) in [6.07, 6.45) is 5.54. The standard InChI is InChI=1S/C14H29N2O2P/c1-6-7-8-9-10-11-18-19(17,12-15)16(13(2)3)14(4)5/h13-14H,6-11H2,1-5H3. The molecule has 0 fully saturated rings. The highest BCUT2D eigenvalue weighted by Gasteiger charge is 2.35. The molecule has 1 atom stereocenters. The van der Waals surface area contributed by atoms with Gasteiger partial charge in [-0.25, -0.2) is 4.67 Å². The molecular formula is C14H29N2O2P. The lowest BCUT2D eigenvalue weighted by Crippen LogP contribution is -2.34. The molecule has 0 aliphatic rings. The van der Waals surface area contributed by atoms with Gasteiger partial charge in [0.05, 0.1) is 6.61 Å². The number of hydrogen-bond donors (Lipinski definition) is 0. The highest BCUT2D eigenvalue weighted by atomic mass is 31.2. The van der Waals surface area contributed by atoms with Crippen LogP contribution in [-0.2, 0) is 9.09 Å². The second kappa shape index (κ2) is 9.53.